The van der Waals surface area contributed by atoms with Gasteiger partial charge in [-0.3, -0.25) is 4.90 Å². The molecular formula is C29H48N2O4. The molecule has 2 fully saturated rings. The number of nitrogens with one attached hydrogen (secondary N) is 1. The molecule has 1 aliphatic heterocycles. The van der Waals surface area contributed by atoms with E-state index in [0.717, 1.165) is 19.5 Å². The topological polar surface area (TPSA) is 71.0 Å². The molecule has 2 N–H and O–H groups in total. The van der Waals surface area contributed by atoms with E-state index in [1.165, 1.54) is 37.7 Å². The minimum Gasteiger partial charge on any atom is -0.444 e. The quantitative estimate of drug-likeness (QED) is 0.455. The van der Waals surface area contributed by atoms with Crippen LogP contribution in [0.3, 0.4) is 0 Å². The van der Waals surface area contributed by atoms with Gasteiger partial charge in [-0.25, -0.2) is 4.79 Å². The maximum absolute atomic E-state index is 13.3. The number of ether oxygens (including phenoxy) is 2. The average molecular weight is 489 g/mol. The predicted octanol–water partition coefficient (Wildman–Crippen LogP) is 5.87. The summed E-state index contributed by atoms with van der Waals surface area (Å²) in [7, 11) is 0. The molecule has 0 spiro atoms. The number of hydrogen-bond donors (Lipinski definition) is 2. The van der Waals surface area contributed by atoms with Crippen molar-refractivity contribution in [2.75, 3.05) is 6.54 Å². The van der Waals surface area contributed by atoms with Crippen molar-refractivity contribution >= 4 is 6.09 Å². The van der Waals surface area contributed by atoms with Gasteiger partial charge >= 0.3 is 6.09 Å². The summed E-state index contributed by atoms with van der Waals surface area (Å²) in [6.07, 6.45) is 6.19. The lowest BCUT2D eigenvalue weighted by Gasteiger charge is -2.37. The van der Waals surface area contributed by atoms with Crippen molar-refractivity contribution < 1.29 is 19.4 Å². The summed E-state index contributed by atoms with van der Waals surface area (Å²) in [4.78, 5) is 15.1. The molecule has 1 amide bonds. The molecule has 1 heterocycles. The molecule has 0 radical (unpaired) electrons. The molecular weight excluding hydrogens is 440 g/mol. The first-order valence-corrected chi connectivity index (χ1v) is 13.6. The van der Waals surface area contributed by atoms with Crippen molar-refractivity contribution in [3.8, 4) is 0 Å². The Hall–Kier alpha value is -1.63. The van der Waals surface area contributed by atoms with Gasteiger partial charge in [0.2, 0.25) is 0 Å². The Morgan fingerprint density at radius 1 is 1.20 bits per heavy atom. The van der Waals surface area contributed by atoms with Crippen LogP contribution in [0, 0.1) is 11.8 Å². The normalized spacial score (nSPS) is 24.8. The number of carbonyl (C=O) groups is 1. The largest absolute Gasteiger partial charge is 0.444 e. The lowest BCUT2D eigenvalue weighted by molar-refractivity contribution is -0.106. The van der Waals surface area contributed by atoms with E-state index >= 15 is 0 Å². The lowest BCUT2D eigenvalue weighted by Crippen LogP contribution is -2.51. The van der Waals surface area contributed by atoms with E-state index in [1.807, 2.05) is 52.8 Å². The van der Waals surface area contributed by atoms with Crippen molar-refractivity contribution in [3.63, 3.8) is 0 Å². The highest BCUT2D eigenvalue weighted by molar-refractivity contribution is 5.70. The van der Waals surface area contributed by atoms with Crippen molar-refractivity contribution in [2.24, 2.45) is 11.8 Å². The van der Waals surface area contributed by atoms with Crippen LogP contribution in [-0.2, 0) is 16.0 Å². The molecule has 35 heavy (non-hydrogen) atoms. The Morgan fingerprint density at radius 3 is 2.49 bits per heavy atom. The van der Waals surface area contributed by atoms with E-state index in [4.69, 9.17) is 9.47 Å². The van der Waals surface area contributed by atoms with Gasteiger partial charge in [-0.1, -0.05) is 69.4 Å². The molecule has 4 atom stereocenters. The van der Waals surface area contributed by atoms with Gasteiger partial charge in [0, 0.05) is 6.54 Å². The van der Waals surface area contributed by atoms with Crippen molar-refractivity contribution in [3.05, 3.63) is 35.9 Å². The number of carbonyl (C=O) groups excluding carboxylic acids is 1. The SMILES string of the molecule is C[C@H](CNCc1ccccc1)CC(O)[C@@H]1OC(C)(C)N(C(=O)OC(C)(C)C)[C@H]1CC1CCCCC1. The number of rotatable bonds is 9. The van der Waals surface area contributed by atoms with Crippen LogP contribution in [0.1, 0.15) is 92.1 Å². The summed E-state index contributed by atoms with van der Waals surface area (Å²) in [5.74, 6) is 0.821. The molecule has 6 nitrogen and oxygen atoms in total. The van der Waals surface area contributed by atoms with E-state index in [1.54, 1.807) is 4.90 Å². The van der Waals surface area contributed by atoms with Crippen LogP contribution >= 0.6 is 0 Å². The van der Waals surface area contributed by atoms with Gasteiger partial charge in [0.25, 0.3) is 0 Å². The van der Waals surface area contributed by atoms with Crippen molar-refractivity contribution in [2.45, 2.75) is 123 Å². The van der Waals surface area contributed by atoms with Crippen LogP contribution < -0.4 is 5.32 Å². The Kier molecular flexibility index (Phi) is 9.64. The highest BCUT2D eigenvalue weighted by Gasteiger charge is 2.53. The van der Waals surface area contributed by atoms with Crippen molar-refractivity contribution in [1.29, 1.82) is 0 Å². The number of nitrogens with zero attached hydrogens (tertiary/aromatic N) is 1. The minimum atomic E-state index is -0.831. The summed E-state index contributed by atoms with van der Waals surface area (Å²) in [5, 5.41) is 14.9. The van der Waals surface area contributed by atoms with Crippen LogP contribution in [0.4, 0.5) is 4.79 Å². The van der Waals surface area contributed by atoms with Gasteiger partial charge in [-0.15, -0.1) is 0 Å². The maximum atomic E-state index is 13.3. The number of amides is 1. The van der Waals surface area contributed by atoms with Crippen LogP contribution in [0.2, 0.25) is 0 Å². The van der Waals surface area contributed by atoms with Crippen molar-refractivity contribution in [1.82, 2.24) is 10.2 Å². The van der Waals surface area contributed by atoms with Gasteiger partial charge in [0.1, 0.15) is 17.4 Å². The standard InChI is InChI=1S/C29H48N2O4/c1-21(19-30-20-23-15-11-8-12-16-23)17-25(32)26-24(18-22-13-9-7-10-14-22)31(29(5,6)34-26)27(33)35-28(2,3)4/h8,11-12,15-16,21-22,24-26,30,32H,7,9-10,13-14,17-20H2,1-6H3/t21-,24-,25?,26+/m0/s1. The molecule has 6 heteroatoms. The average Bonchev–Trinajstić information content (AvgIpc) is 3.04. The van der Waals surface area contributed by atoms with Gasteiger partial charge in [-0.2, -0.15) is 0 Å². The second kappa shape index (κ2) is 12.1. The van der Waals surface area contributed by atoms with E-state index in [2.05, 4.69) is 24.4 Å². The number of aliphatic hydroxyl groups is 1. The fourth-order valence-electron chi connectivity index (χ4n) is 5.71. The molecule has 1 aromatic rings. The first-order chi connectivity index (χ1) is 16.5. The summed E-state index contributed by atoms with van der Waals surface area (Å²) >= 11 is 0. The molecule has 1 saturated heterocycles. The monoisotopic (exact) mass is 488 g/mol. The molecule has 1 unspecified atom stereocenters. The minimum absolute atomic E-state index is 0.192. The smallest absolute Gasteiger partial charge is 0.412 e. The maximum Gasteiger partial charge on any atom is 0.412 e. The van der Waals surface area contributed by atoms with Gasteiger partial charge in [0.05, 0.1) is 12.1 Å². The third kappa shape index (κ3) is 8.19. The second-order valence-corrected chi connectivity index (χ2v) is 12.2. The van der Waals surface area contributed by atoms with E-state index < -0.39 is 23.5 Å². The van der Waals surface area contributed by atoms with E-state index in [0.29, 0.717) is 12.3 Å². The number of aliphatic hydroxyl groups excluding tert-OH is 1. The molecule has 1 saturated carbocycles. The fourth-order valence-corrected chi connectivity index (χ4v) is 5.71. The van der Waals surface area contributed by atoms with Crippen LogP contribution in [0.25, 0.3) is 0 Å². The first-order valence-electron chi connectivity index (χ1n) is 13.6. The first kappa shape index (κ1) is 27.9. The molecule has 1 aromatic carbocycles. The van der Waals surface area contributed by atoms with Crippen LogP contribution in [-0.4, -0.2) is 52.2 Å². The zero-order chi connectivity index (χ0) is 25.6. The summed E-state index contributed by atoms with van der Waals surface area (Å²) in [5.41, 5.74) is -0.165. The molecule has 0 bridgehead atoms. The number of hydrogen-bond acceptors (Lipinski definition) is 5. The third-order valence-electron chi connectivity index (χ3n) is 7.29. The third-order valence-corrected chi connectivity index (χ3v) is 7.29. The van der Waals surface area contributed by atoms with Crippen LogP contribution in [0.5, 0.6) is 0 Å². The number of benzene rings is 1. The predicted molar refractivity (Wildman–Crippen MR) is 140 cm³/mol. The second-order valence-electron chi connectivity index (χ2n) is 12.2. The Bertz CT molecular complexity index is 786. The van der Waals surface area contributed by atoms with Gasteiger partial charge in [-0.05, 0) is 71.4 Å². The highest BCUT2D eigenvalue weighted by atomic mass is 16.6. The highest BCUT2D eigenvalue weighted by Crippen LogP contribution is 2.41. The van der Waals surface area contributed by atoms with E-state index in [9.17, 15) is 9.90 Å². The van der Waals surface area contributed by atoms with Gasteiger partial charge < -0.3 is 19.9 Å². The summed E-state index contributed by atoms with van der Waals surface area (Å²) in [6.45, 7) is 13.3. The summed E-state index contributed by atoms with van der Waals surface area (Å²) in [6, 6.07) is 10.2. The molecule has 198 valence electrons. The Morgan fingerprint density at radius 2 is 1.86 bits per heavy atom. The molecule has 3 rings (SSSR count). The summed E-state index contributed by atoms with van der Waals surface area (Å²) < 4.78 is 12.2. The Balaban J connectivity index is 1.67. The molecule has 2 aliphatic rings. The van der Waals surface area contributed by atoms with Crippen LogP contribution in [0.15, 0.2) is 30.3 Å². The van der Waals surface area contributed by atoms with E-state index in [-0.39, 0.29) is 18.1 Å². The Labute approximate surface area is 212 Å². The van der Waals surface area contributed by atoms with Gasteiger partial charge in [0.15, 0.2) is 0 Å². The fraction of sp³-hybridized carbons (Fsp3) is 0.759. The molecule has 1 aliphatic carbocycles. The zero-order valence-electron chi connectivity index (χ0n) is 22.8. The lowest BCUT2D eigenvalue weighted by atomic mass is 9.82. The molecule has 0 aromatic heterocycles. The zero-order valence-corrected chi connectivity index (χ0v) is 22.8.